The van der Waals surface area contributed by atoms with Crippen LogP contribution in [0, 0.1) is 6.92 Å². The van der Waals surface area contributed by atoms with E-state index in [1.54, 1.807) is 4.90 Å². The second-order valence-corrected chi connectivity index (χ2v) is 6.82. The molecule has 3 rings (SSSR count). The van der Waals surface area contributed by atoms with Gasteiger partial charge in [0.25, 0.3) is 0 Å². The Labute approximate surface area is 139 Å². The first-order valence-corrected chi connectivity index (χ1v) is 8.82. The van der Waals surface area contributed by atoms with E-state index in [0.29, 0.717) is 11.7 Å². The largest absolute Gasteiger partial charge is 0.359 e. The van der Waals surface area contributed by atoms with Gasteiger partial charge < -0.3 is 9.42 Å². The number of aryl methyl sites for hydroxylation is 2. The van der Waals surface area contributed by atoms with Crippen molar-refractivity contribution in [1.82, 2.24) is 20.3 Å². The molecule has 1 fully saturated rings. The highest BCUT2D eigenvalue weighted by Gasteiger charge is 2.33. The van der Waals surface area contributed by atoms with Gasteiger partial charge in [-0.05, 0) is 26.2 Å². The van der Waals surface area contributed by atoms with E-state index < -0.39 is 0 Å². The molecule has 1 aliphatic heterocycles. The fourth-order valence-corrected chi connectivity index (χ4v) is 3.51. The molecular weight excluding hydrogens is 314 g/mol. The normalized spacial score (nSPS) is 17.7. The molecule has 0 spiro atoms. The third kappa shape index (κ3) is 3.69. The predicted molar refractivity (Wildman–Crippen MR) is 87.5 cm³/mol. The highest BCUT2D eigenvalue weighted by atomic mass is 32.1. The zero-order valence-corrected chi connectivity index (χ0v) is 14.2. The number of nitrogens with one attached hydrogen (secondary N) is 1. The molecule has 7 nitrogen and oxygen atoms in total. The first kappa shape index (κ1) is 15.9. The number of amides is 2. The molecule has 1 saturated heterocycles. The van der Waals surface area contributed by atoms with Crippen molar-refractivity contribution in [2.45, 2.75) is 52.0 Å². The number of carbonyl (C=O) groups is 1. The number of hydrogen-bond donors (Lipinski definition) is 1. The smallest absolute Gasteiger partial charge is 0.324 e. The van der Waals surface area contributed by atoms with Gasteiger partial charge in [-0.3, -0.25) is 5.32 Å². The topological polar surface area (TPSA) is 84.2 Å². The molecule has 2 aromatic rings. The average molecular weight is 335 g/mol. The van der Waals surface area contributed by atoms with Crippen LogP contribution in [0.1, 0.15) is 55.1 Å². The highest BCUT2D eigenvalue weighted by molar-refractivity contribution is 7.15. The second kappa shape index (κ2) is 7.08. The van der Waals surface area contributed by atoms with Crippen LogP contribution in [0.4, 0.5) is 9.93 Å². The van der Waals surface area contributed by atoms with E-state index in [1.165, 1.54) is 11.3 Å². The summed E-state index contributed by atoms with van der Waals surface area (Å²) >= 11 is 1.44. The van der Waals surface area contributed by atoms with E-state index >= 15 is 0 Å². The number of carbonyl (C=O) groups excluding carboxylic acids is 1. The van der Waals surface area contributed by atoms with Crippen LogP contribution >= 0.6 is 11.3 Å². The van der Waals surface area contributed by atoms with E-state index in [2.05, 4.69) is 27.6 Å². The van der Waals surface area contributed by atoms with E-state index in [-0.39, 0.29) is 12.1 Å². The summed E-state index contributed by atoms with van der Waals surface area (Å²) in [6.07, 6.45) is 4.96. The molecule has 2 amide bonds. The lowest BCUT2D eigenvalue weighted by Gasteiger charge is -2.22. The van der Waals surface area contributed by atoms with E-state index in [4.69, 9.17) is 4.52 Å². The molecule has 1 N–H and O–H groups in total. The van der Waals surface area contributed by atoms with Crippen molar-refractivity contribution >= 4 is 22.5 Å². The van der Waals surface area contributed by atoms with Crippen molar-refractivity contribution in [1.29, 1.82) is 0 Å². The first-order valence-electron chi connectivity index (χ1n) is 8.00. The minimum absolute atomic E-state index is 0.0521. The highest BCUT2D eigenvalue weighted by Crippen LogP contribution is 2.32. The van der Waals surface area contributed by atoms with Crippen LogP contribution in [-0.2, 0) is 6.42 Å². The standard InChI is InChI=1S/C15H21N5O2S/c1-3-4-7-13-17-18-14(23-13)16-15(21)20-8-5-6-11(20)12-9-10(2)19-22-12/h9,11H,3-8H2,1-2H3,(H,16,18,21)/t11-/m1/s1. The maximum absolute atomic E-state index is 12.5. The Bertz CT molecular complexity index is 668. The zero-order valence-electron chi connectivity index (χ0n) is 13.4. The summed E-state index contributed by atoms with van der Waals surface area (Å²) in [5.74, 6) is 0.746. The lowest BCUT2D eigenvalue weighted by molar-refractivity contribution is 0.195. The number of rotatable bonds is 5. The molecule has 0 aromatic carbocycles. The summed E-state index contributed by atoms with van der Waals surface area (Å²) < 4.78 is 5.33. The number of nitrogens with zero attached hydrogens (tertiary/aromatic N) is 4. The Morgan fingerprint density at radius 3 is 3.13 bits per heavy atom. The average Bonchev–Trinajstić information content (AvgIpc) is 3.24. The van der Waals surface area contributed by atoms with Crippen molar-refractivity contribution < 1.29 is 9.32 Å². The molecule has 3 heterocycles. The Balaban J connectivity index is 1.64. The lowest BCUT2D eigenvalue weighted by Crippen LogP contribution is -2.34. The van der Waals surface area contributed by atoms with Gasteiger partial charge in [0.05, 0.1) is 11.7 Å². The van der Waals surface area contributed by atoms with E-state index in [9.17, 15) is 4.79 Å². The van der Waals surface area contributed by atoms with Gasteiger partial charge in [0.2, 0.25) is 5.13 Å². The van der Waals surface area contributed by atoms with Gasteiger partial charge in [0.15, 0.2) is 5.76 Å². The SMILES string of the molecule is CCCCc1nnc(NC(=O)N2CCC[C@@H]2c2cc(C)no2)s1. The molecule has 23 heavy (non-hydrogen) atoms. The van der Waals surface area contributed by atoms with Gasteiger partial charge in [0, 0.05) is 19.0 Å². The van der Waals surface area contributed by atoms with Crippen LogP contribution < -0.4 is 5.32 Å². The van der Waals surface area contributed by atoms with Crippen LogP contribution in [0.2, 0.25) is 0 Å². The third-order valence-electron chi connectivity index (χ3n) is 3.91. The minimum atomic E-state index is -0.153. The molecule has 0 aliphatic carbocycles. The van der Waals surface area contributed by atoms with Crippen LogP contribution in [0.25, 0.3) is 0 Å². The van der Waals surface area contributed by atoms with Crippen molar-refractivity contribution in [3.05, 3.63) is 22.5 Å². The third-order valence-corrected chi connectivity index (χ3v) is 4.81. The maximum Gasteiger partial charge on any atom is 0.324 e. The molecule has 2 aromatic heterocycles. The number of urea groups is 1. The molecule has 0 bridgehead atoms. The van der Waals surface area contributed by atoms with Gasteiger partial charge in [-0.15, -0.1) is 10.2 Å². The molecule has 1 aliphatic rings. The van der Waals surface area contributed by atoms with Crippen molar-refractivity contribution in [2.75, 3.05) is 11.9 Å². The first-order chi connectivity index (χ1) is 11.2. The minimum Gasteiger partial charge on any atom is -0.359 e. The maximum atomic E-state index is 12.5. The lowest BCUT2D eigenvalue weighted by atomic mass is 10.1. The quantitative estimate of drug-likeness (QED) is 0.903. The Hall–Kier alpha value is -1.96. The van der Waals surface area contributed by atoms with Crippen LogP contribution in [0.15, 0.2) is 10.6 Å². The summed E-state index contributed by atoms with van der Waals surface area (Å²) in [5.41, 5.74) is 0.831. The molecule has 0 saturated carbocycles. The Morgan fingerprint density at radius 2 is 2.39 bits per heavy atom. The van der Waals surface area contributed by atoms with Crippen molar-refractivity contribution in [2.24, 2.45) is 0 Å². The number of hydrogen-bond acceptors (Lipinski definition) is 6. The number of likely N-dealkylation sites (tertiary alicyclic amines) is 1. The Morgan fingerprint density at radius 1 is 1.52 bits per heavy atom. The fraction of sp³-hybridized carbons (Fsp3) is 0.600. The molecular formula is C15H21N5O2S. The summed E-state index contributed by atoms with van der Waals surface area (Å²) in [4.78, 5) is 14.3. The van der Waals surface area contributed by atoms with Crippen LogP contribution in [0.3, 0.4) is 0 Å². The summed E-state index contributed by atoms with van der Waals surface area (Å²) in [5, 5.41) is 16.5. The van der Waals surface area contributed by atoms with Gasteiger partial charge in [0.1, 0.15) is 5.01 Å². The van der Waals surface area contributed by atoms with Gasteiger partial charge in [-0.2, -0.15) is 0 Å². The van der Waals surface area contributed by atoms with Gasteiger partial charge in [-0.25, -0.2) is 4.79 Å². The predicted octanol–water partition coefficient (Wildman–Crippen LogP) is 3.55. The van der Waals surface area contributed by atoms with E-state index in [1.807, 2.05) is 13.0 Å². The van der Waals surface area contributed by atoms with Gasteiger partial charge in [-0.1, -0.05) is 29.8 Å². The summed E-state index contributed by atoms with van der Waals surface area (Å²) in [7, 11) is 0. The monoisotopic (exact) mass is 335 g/mol. The molecule has 124 valence electrons. The molecule has 0 radical (unpaired) electrons. The van der Waals surface area contributed by atoms with Gasteiger partial charge >= 0.3 is 6.03 Å². The summed E-state index contributed by atoms with van der Waals surface area (Å²) in [6, 6.07) is 1.69. The van der Waals surface area contributed by atoms with Crippen molar-refractivity contribution in [3.63, 3.8) is 0 Å². The zero-order chi connectivity index (χ0) is 16.2. The molecule has 0 unspecified atom stereocenters. The summed E-state index contributed by atoms with van der Waals surface area (Å²) in [6.45, 7) is 4.73. The van der Waals surface area contributed by atoms with Crippen LogP contribution in [0.5, 0.6) is 0 Å². The van der Waals surface area contributed by atoms with Crippen LogP contribution in [-0.4, -0.2) is 32.8 Å². The number of anilines is 1. The fourth-order valence-electron chi connectivity index (χ4n) is 2.74. The van der Waals surface area contributed by atoms with Crippen molar-refractivity contribution in [3.8, 4) is 0 Å². The molecule has 1 atom stereocenters. The number of unbranched alkanes of at least 4 members (excludes halogenated alkanes) is 1. The second-order valence-electron chi connectivity index (χ2n) is 5.76. The van der Waals surface area contributed by atoms with E-state index in [0.717, 1.165) is 48.6 Å². The number of aromatic nitrogens is 3. The molecule has 8 heteroatoms. The Kier molecular flexibility index (Phi) is 4.90.